The minimum absolute atomic E-state index is 0. The lowest BCUT2D eigenvalue weighted by Gasteiger charge is -2.29. The van der Waals surface area contributed by atoms with Crippen LogP contribution in [0, 0.1) is 0 Å². The van der Waals surface area contributed by atoms with Gasteiger partial charge in [-0.15, -0.1) is 12.4 Å². The molecular weight excluding hydrogens is 202 g/mol. The van der Waals surface area contributed by atoms with E-state index in [-0.39, 0.29) is 18.2 Å². The number of hydrogen-bond acceptors (Lipinski definition) is 3. The summed E-state index contributed by atoms with van der Waals surface area (Å²) in [6, 6.07) is 5.17. The van der Waals surface area contributed by atoms with Gasteiger partial charge >= 0.3 is 0 Å². The van der Waals surface area contributed by atoms with Crippen molar-refractivity contribution in [2.75, 3.05) is 13.6 Å². The van der Waals surface area contributed by atoms with E-state index in [1.807, 2.05) is 13.1 Å². The molecule has 14 heavy (non-hydrogen) atoms. The number of benzene rings is 1. The summed E-state index contributed by atoms with van der Waals surface area (Å²) in [5, 5.41) is 19.0. The first-order chi connectivity index (χ1) is 6.16. The summed E-state index contributed by atoms with van der Waals surface area (Å²) < 4.78 is 0. The van der Waals surface area contributed by atoms with Gasteiger partial charge in [-0.25, -0.2) is 0 Å². The zero-order chi connectivity index (χ0) is 9.42. The van der Waals surface area contributed by atoms with Crippen LogP contribution < -0.4 is 0 Å². The van der Waals surface area contributed by atoms with E-state index in [4.69, 9.17) is 0 Å². The highest BCUT2D eigenvalue weighted by molar-refractivity contribution is 5.85. The van der Waals surface area contributed by atoms with Crippen molar-refractivity contribution in [3.63, 3.8) is 0 Å². The topological polar surface area (TPSA) is 43.7 Å². The van der Waals surface area contributed by atoms with Crippen LogP contribution in [-0.2, 0) is 6.54 Å². The molecule has 1 aromatic carbocycles. The zero-order valence-corrected chi connectivity index (χ0v) is 8.79. The number of phenolic OH excluding ortho intramolecular Hbond substituents is 1. The van der Waals surface area contributed by atoms with Gasteiger partial charge in [0.1, 0.15) is 5.75 Å². The van der Waals surface area contributed by atoms with Gasteiger partial charge in [0.15, 0.2) is 0 Å². The largest absolute Gasteiger partial charge is 0.508 e. The van der Waals surface area contributed by atoms with Crippen molar-refractivity contribution >= 4 is 12.4 Å². The Balaban J connectivity index is 0.000000980. The number of aliphatic hydroxyl groups excluding tert-OH is 1. The first-order valence-electron chi connectivity index (χ1n) is 4.35. The standard InChI is InChI=1S/C10H13NO2.ClH/c1-11-5-7-2-3-8(12)4-9(7)10(13)6-11;/h2-4,10,12-13H,5-6H2,1H3;1H/t10-;/m0./s1. The van der Waals surface area contributed by atoms with Gasteiger partial charge in [-0.2, -0.15) is 0 Å². The lowest BCUT2D eigenvalue weighted by Crippen LogP contribution is -2.30. The molecule has 1 aliphatic heterocycles. The molecule has 3 nitrogen and oxygen atoms in total. The van der Waals surface area contributed by atoms with Crippen molar-refractivity contribution in [1.29, 1.82) is 0 Å². The minimum atomic E-state index is -0.471. The third-order valence-corrected chi connectivity index (χ3v) is 2.41. The summed E-state index contributed by atoms with van der Waals surface area (Å²) in [6.45, 7) is 1.48. The second-order valence-corrected chi connectivity index (χ2v) is 3.60. The fourth-order valence-electron chi connectivity index (χ4n) is 1.79. The summed E-state index contributed by atoms with van der Waals surface area (Å²) in [6.07, 6.45) is -0.471. The zero-order valence-electron chi connectivity index (χ0n) is 7.97. The summed E-state index contributed by atoms with van der Waals surface area (Å²) in [7, 11) is 1.97. The predicted octanol–water partition coefficient (Wildman–Crippen LogP) is 1.29. The number of phenols is 1. The second kappa shape index (κ2) is 4.17. The quantitative estimate of drug-likeness (QED) is 0.686. The third kappa shape index (κ3) is 2.00. The van der Waals surface area contributed by atoms with Crippen molar-refractivity contribution in [3.8, 4) is 5.75 Å². The summed E-state index contributed by atoms with van der Waals surface area (Å²) >= 11 is 0. The van der Waals surface area contributed by atoms with Crippen molar-refractivity contribution < 1.29 is 10.2 Å². The Bertz CT molecular complexity index is 330. The van der Waals surface area contributed by atoms with Crippen LogP contribution >= 0.6 is 12.4 Å². The molecule has 0 spiro atoms. The fourth-order valence-corrected chi connectivity index (χ4v) is 1.79. The van der Waals surface area contributed by atoms with Crippen LogP contribution in [-0.4, -0.2) is 28.7 Å². The van der Waals surface area contributed by atoms with E-state index in [1.54, 1.807) is 12.1 Å². The van der Waals surface area contributed by atoms with Crippen LogP contribution in [0.25, 0.3) is 0 Å². The van der Waals surface area contributed by atoms with Gasteiger partial charge in [-0.3, -0.25) is 4.90 Å². The molecule has 0 bridgehead atoms. The maximum Gasteiger partial charge on any atom is 0.115 e. The number of nitrogens with zero attached hydrogens (tertiary/aromatic N) is 1. The molecule has 0 amide bonds. The maximum absolute atomic E-state index is 9.70. The molecule has 0 unspecified atom stereocenters. The number of aliphatic hydroxyl groups is 1. The van der Waals surface area contributed by atoms with Gasteiger partial charge in [0, 0.05) is 13.1 Å². The molecule has 1 aromatic rings. The van der Waals surface area contributed by atoms with E-state index in [1.165, 1.54) is 0 Å². The van der Waals surface area contributed by atoms with Gasteiger partial charge in [-0.1, -0.05) is 6.07 Å². The van der Waals surface area contributed by atoms with Crippen LogP contribution in [0.3, 0.4) is 0 Å². The molecule has 1 aliphatic rings. The highest BCUT2D eigenvalue weighted by Crippen LogP contribution is 2.28. The molecule has 0 aromatic heterocycles. The fraction of sp³-hybridized carbons (Fsp3) is 0.400. The molecule has 0 fully saturated rings. The second-order valence-electron chi connectivity index (χ2n) is 3.60. The number of aromatic hydroxyl groups is 1. The number of β-amino-alcohol motifs (C(OH)–C–C–N with tert-alkyl or cyclic N) is 1. The van der Waals surface area contributed by atoms with Gasteiger partial charge in [0.2, 0.25) is 0 Å². The molecule has 78 valence electrons. The molecule has 0 radical (unpaired) electrons. The first kappa shape index (κ1) is 11.3. The SMILES string of the molecule is CN1Cc2ccc(O)cc2[C@@H](O)C1.Cl. The average Bonchev–Trinajstić information content (AvgIpc) is 2.06. The predicted molar refractivity (Wildman–Crippen MR) is 56.6 cm³/mol. The highest BCUT2D eigenvalue weighted by Gasteiger charge is 2.21. The van der Waals surface area contributed by atoms with Crippen LogP contribution in [0.5, 0.6) is 5.75 Å². The molecule has 0 saturated carbocycles. The Morgan fingerprint density at radius 1 is 1.43 bits per heavy atom. The van der Waals surface area contributed by atoms with Crippen molar-refractivity contribution in [2.45, 2.75) is 12.6 Å². The average molecular weight is 216 g/mol. The number of halogens is 1. The number of likely N-dealkylation sites (N-methyl/N-ethyl adjacent to an activating group) is 1. The Hall–Kier alpha value is -0.770. The molecule has 2 rings (SSSR count). The van der Waals surface area contributed by atoms with Crippen LogP contribution in [0.15, 0.2) is 18.2 Å². The molecular formula is C10H14ClNO2. The van der Waals surface area contributed by atoms with E-state index in [9.17, 15) is 10.2 Å². The Labute approximate surface area is 89.4 Å². The first-order valence-corrected chi connectivity index (χ1v) is 4.35. The van der Waals surface area contributed by atoms with Gasteiger partial charge in [0.25, 0.3) is 0 Å². The van der Waals surface area contributed by atoms with E-state index < -0.39 is 6.10 Å². The van der Waals surface area contributed by atoms with E-state index in [0.29, 0.717) is 6.54 Å². The van der Waals surface area contributed by atoms with Crippen LogP contribution in [0.2, 0.25) is 0 Å². The number of fused-ring (bicyclic) bond motifs is 1. The van der Waals surface area contributed by atoms with E-state index in [0.717, 1.165) is 17.7 Å². The maximum atomic E-state index is 9.70. The molecule has 2 N–H and O–H groups in total. The normalized spacial score (nSPS) is 21.1. The Morgan fingerprint density at radius 3 is 2.86 bits per heavy atom. The van der Waals surface area contributed by atoms with E-state index in [2.05, 4.69) is 4.90 Å². The van der Waals surface area contributed by atoms with Gasteiger partial charge < -0.3 is 10.2 Å². The van der Waals surface area contributed by atoms with Gasteiger partial charge in [0.05, 0.1) is 6.10 Å². The van der Waals surface area contributed by atoms with E-state index >= 15 is 0 Å². The van der Waals surface area contributed by atoms with Crippen molar-refractivity contribution in [2.24, 2.45) is 0 Å². The molecule has 4 heteroatoms. The van der Waals surface area contributed by atoms with Crippen LogP contribution in [0.4, 0.5) is 0 Å². The molecule has 0 saturated heterocycles. The molecule has 1 heterocycles. The monoisotopic (exact) mass is 215 g/mol. The van der Waals surface area contributed by atoms with Crippen LogP contribution in [0.1, 0.15) is 17.2 Å². The smallest absolute Gasteiger partial charge is 0.115 e. The highest BCUT2D eigenvalue weighted by atomic mass is 35.5. The number of hydrogen-bond donors (Lipinski definition) is 2. The lowest BCUT2D eigenvalue weighted by atomic mass is 9.97. The number of rotatable bonds is 0. The molecule has 1 atom stereocenters. The molecule has 0 aliphatic carbocycles. The van der Waals surface area contributed by atoms with Crippen molar-refractivity contribution in [1.82, 2.24) is 4.90 Å². The third-order valence-electron chi connectivity index (χ3n) is 2.41. The van der Waals surface area contributed by atoms with Crippen molar-refractivity contribution in [3.05, 3.63) is 29.3 Å². The summed E-state index contributed by atoms with van der Waals surface area (Å²) in [5.41, 5.74) is 1.96. The Kier molecular flexibility index (Phi) is 3.37. The minimum Gasteiger partial charge on any atom is -0.508 e. The van der Waals surface area contributed by atoms with Gasteiger partial charge in [-0.05, 0) is 30.3 Å². The summed E-state index contributed by atoms with van der Waals surface area (Å²) in [5.74, 6) is 0.224. The Morgan fingerprint density at radius 2 is 2.14 bits per heavy atom. The summed E-state index contributed by atoms with van der Waals surface area (Å²) in [4.78, 5) is 2.06. The lowest BCUT2D eigenvalue weighted by molar-refractivity contribution is 0.107.